The third kappa shape index (κ3) is 3.81. The molecule has 1 aliphatic heterocycles. The van der Waals surface area contributed by atoms with Gasteiger partial charge in [0, 0.05) is 45.5 Å². The van der Waals surface area contributed by atoms with Crippen LogP contribution in [0.25, 0.3) is 0 Å². The van der Waals surface area contributed by atoms with Crippen LogP contribution in [0.4, 0.5) is 5.95 Å². The fourth-order valence-electron chi connectivity index (χ4n) is 4.18. The van der Waals surface area contributed by atoms with E-state index < -0.39 is 0 Å². The van der Waals surface area contributed by atoms with Gasteiger partial charge >= 0.3 is 5.69 Å². The quantitative estimate of drug-likeness (QED) is 0.694. The Morgan fingerprint density at radius 1 is 1.04 bits per heavy atom. The van der Waals surface area contributed by atoms with Crippen LogP contribution in [0, 0.1) is 0 Å². The van der Waals surface area contributed by atoms with E-state index in [0.717, 1.165) is 56.4 Å². The van der Waals surface area contributed by atoms with E-state index in [0.29, 0.717) is 17.1 Å². The number of nitrogens with zero attached hydrogens (tertiary/aromatic N) is 7. The van der Waals surface area contributed by atoms with Crippen LogP contribution in [0.1, 0.15) is 31.7 Å². The molecule has 0 atom stereocenters. The Bertz CT molecular complexity index is 943. The molecule has 0 N–H and O–H groups in total. The molecular weight excluding hydrogens is 382 g/mol. The monoisotopic (exact) mass is 405 g/mol. The zero-order valence-electron chi connectivity index (χ0n) is 15.9. The summed E-state index contributed by atoms with van der Waals surface area (Å²) >= 11 is 5.97. The summed E-state index contributed by atoms with van der Waals surface area (Å²) in [5.74, 6) is 0.691. The zero-order valence-corrected chi connectivity index (χ0v) is 16.6. The topological polar surface area (TPSA) is 89.2 Å². The van der Waals surface area contributed by atoms with Crippen molar-refractivity contribution in [2.75, 3.05) is 31.1 Å². The summed E-state index contributed by atoms with van der Waals surface area (Å²) in [6, 6.07) is 2.27. The highest BCUT2D eigenvalue weighted by Crippen LogP contribution is 2.30. The summed E-state index contributed by atoms with van der Waals surface area (Å²) in [5.41, 5.74) is -0.692. The van der Waals surface area contributed by atoms with E-state index in [1.165, 1.54) is 17.9 Å². The Morgan fingerprint density at radius 3 is 2.39 bits per heavy atom. The highest BCUT2D eigenvalue weighted by Gasteiger charge is 2.30. The predicted octanol–water partition coefficient (Wildman–Crippen LogP) is 0.691. The minimum absolute atomic E-state index is 0.0664. The number of halogens is 1. The van der Waals surface area contributed by atoms with Gasteiger partial charge < -0.3 is 4.90 Å². The third-order valence-electron chi connectivity index (χ3n) is 5.84. The molecule has 0 amide bonds. The Labute approximate surface area is 167 Å². The number of anilines is 1. The smallest absolute Gasteiger partial charge is 0.338 e. The molecule has 2 aromatic heterocycles. The average molecular weight is 406 g/mol. The highest BCUT2D eigenvalue weighted by molar-refractivity contribution is 6.29. The fourth-order valence-corrected chi connectivity index (χ4v) is 4.31. The molecule has 4 rings (SSSR count). The number of hydrogen-bond donors (Lipinski definition) is 0. The zero-order chi connectivity index (χ0) is 19.7. The van der Waals surface area contributed by atoms with E-state index in [1.807, 2.05) is 0 Å². The molecule has 3 heterocycles. The van der Waals surface area contributed by atoms with Gasteiger partial charge in [0.15, 0.2) is 0 Å². The van der Waals surface area contributed by atoms with Gasteiger partial charge in [-0.1, -0.05) is 11.6 Å². The molecule has 1 saturated heterocycles. The maximum atomic E-state index is 12.3. The van der Waals surface area contributed by atoms with Gasteiger partial charge in [-0.05, 0) is 31.7 Å². The second-order valence-electron chi connectivity index (χ2n) is 7.43. The average Bonchev–Trinajstić information content (AvgIpc) is 2.73. The van der Waals surface area contributed by atoms with E-state index >= 15 is 0 Å². The molecule has 2 aromatic rings. The van der Waals surface area contributed by atoms with Crippen LogP contribution in [0.15, 0.2) is 28.0 Å². The van der Waals surface area contributed by atoms with Crippen molar-refractivity contribution in [2.45, 2.75) is 37.8 Å². The fraction of sp³-hybridized carbons (Fsp3) is 0.611. The van der Waals surface area contributed by atoms with E-state index in [-0.39, 0.29) is 17.3 Å². The summed E-state index contributed by atoms with van der Waals surface area (Å²) < 4.78 is 2.60. The molecule has 0 spiro atoms. The number of piperazine rings is 1. The van der Waals surface area contributed by atoms with E-state index in [4.69, 9.17) is 11.6 Å². The lowest BCUT2D eigenvalue weighted by Gasteiger charge is -2.42. The molecule has 1 aliphatic carbocycles. The Morgan fingerprint density at radius 2 is 1.71 bits per heavy atom. The van der Waals surface area contributed by atoms with Gasteiger partial charge in [-0.3, -0.25) is 14.3 Å². The second kappa shape index (κ2) is 8.00. The summed E-state index contributed by atoms with van der Waals surface area (Å²) in [7, 11) is 1.50. The van der Waals surface area contributed by atoms with Crippen LogP contribution in [-0.4, -0.2) is 61.4 Å². The Hall–Kier alpha value is -2.26. The summed E-state index contributed by atoms with van der Waals surface area (Å²) in [6.07, 6.45) is 6.75. The molecule has 10 heteroatoms. The molecule has 0 bridgehead atoms. The van der Waals surface area contributed by atoms with Crippen molar-refractivity contribution in [3.05, 3.63) is 44.5 Å². The SMILES string of the molecule is Cn1c(=O)cnn([C@H]2CC[C@H](N3CCN(c4nccc(Cl)n4)CC3)CC2)c1=O. The maximum Gasteiger partial charge on any atom is 0.347 e. The van der Waals surface area contributed by atoms with Gasteiger partial charge in [0.25, 0.3) is 5.56 Å². The first-order valence-electron chi connectivity index (χ1n) is 9.65. The predicted molar refractivity (Wildman–Crippen MR) is 106 cm³/mol. The second-order valence-corrected chi connectivity index (χ2v) is 7.82. The van der Waals surface area contributed by atoms with Crippen molar-refractivity contribution in [3.63, 3.8) is 0 Å². The summed E-state index contributed by atoms with van der Waals surface area (Å²) in [6.45, 7) is 3.68. The van der Waals surface area contributed by atoms with Gasteiger partial charge in [-0.2, -0.15) is 5.10 Å². The molecular formula is C18H24ClN7O2. The molecule has 2 aliphatic rings. The van der Waals surface area contributed by atoms with Crippen molar-refractivity contribution in [1.82, 2.24) is 29.2 Å². The standard InChI is InChI=1S/C18H24ClN7O2/c1-23-16(27)12-21-26(18(23)28)14-4-2-13(3-5-14)24-8-10-25(11-9-24)17-20-7-6-15(19)22-17/h6-7,12-14H,2-5,8-11H2,1H3/t13-,14-. The first-order chi connectivity index (χ1) is 13.5. The minimum atomic E-state index is -0.364. The molecule has 0 aromatic carbocycles. The van der Waals surface area contributed by atoms with E-state index in [9.17, 15) is 9.59 Å². The van der Waals surface area contributed by atoms with Crippen LogP contribution in [0.5, 0.6) is 0 Å². The molecule has 0 unspecified atom stereocenters. The number of aromatic nitrogens is 5. The van der Waals surface area contributed by atoms with Crippen LogP contribution < -0.4 is 16.1 Å². The first-order valence-corrected chi connectivity index (χ1v) is 10.0. The lowest BCUT2D eigenvalue weighted by molar-refractivity contribution is 0.125. The van der Waals surface area contributed by atoms with Gasteiger partial charge in [0.1, 0.15) is 11.3 Å². The van der Waals surface area contributed by atoms with Crippen LogP contribution in [0.2, 0.25) is 5.15 Å². The Kier molecular flexibility index (Phi) is 5.45. The van der Waals surface area contributed by atoms with Gasteiger partial charge in [0.2, 0.25) is 5.95 Å². The van der Waals surface area contributed by atoms with Crippen molar-refractivity contribution >= 4 is 17.5 Å². The molecule has 0 radical (unpaired) electrons. The van der Waals surface area contributed by atoms with Crippen molar-refractivity contribution in [2.24, 2.45) is 7.05 Å². The summed E-state index contributed by atoms with van der Waals surface area (Å²) in [5, 5.41) is 4.54. The minimum Gasteiger partial charge on any atom is -0.338 e. The Balaban J connectivity index is 1.33. The van der Waals surface area contributed by atoms with Crippen molar-refractivity contribution in [1.29, 1.82) is 0 Å². The highest BCUT2D eigenvalue weighted by atomic mass is 35.5. The van der Waals surface area contributed by atoms with Crippen LogP contribution in [-0.2, 0) is 7.05 Å². The van der Waals surface area contributed by atoms with Gasteiger partial charge in [0.05, 0.1) is 6.04 Å². The molecule has 150 valence electrons. The number of hydrogen-bond acceptors (Lipinski definition) is 7. The van der Waals surface area contributed by atoms with Gasteiger partial charge in [-0.25, -0.2) is 19.4 Å². The normalized spacial score (nSPS) is 23.7. The molecule has 1 saturated carbocycles. The molecule has 28 heavy (non-hydrogen) atoms. The lowest BCUT2D eigenvalue weighted by atomic mass is 9.90. The lowest BCUT2D eigenvalue weighted by Crippen LogP contribution is -2.52. The maximum absolute atomic E-state index is 12.3. The van der Waals surface area contributed by atoms with Crippen molar-refractivity contribution < 1.29 is 0 Å². The largest absolute Gasteiger partial charge is 0.347 e. The van der Waals surface area contributed by atoms with Gasteiger partial charge in [-0.15, -0.1) is 0 Å². The molecule has 9 nitrogen and oxygen atoms in total. The van der Waals surface area contributed by atoms with Crippen LogP contribution in [0.3, 0.4) is 0 Å². The van der Waals surface area contributed by atoms with Crippen molar-refractivity contribution in [3.8, 4) is 0 Å². The third-order valence-corrected chi connectivity index (χ3v) is 6.05. The van der Waals surface area contributed by atoms with E-state index in [1.54, 1.807) is 12.3 Å². The number of rotatable bonds is 3. The van der Waals surface area contributed by atoms with Crippen LogP contribution >= 0.6 is 11.6 Å². The van der Waals surface area contributed by atoms with E-state index in [2.05, 4.69) is 24.9 Å². The first kappa shape index (κ1) is 19.1. The summed E-state index contributed by atoms with van der Waals surface area (Å²) in [4.78, 5) is 37.1. The molecule has 2 fully saturated rings.